The van der Waals surface area contributed by atoms with Crippen LogP contribution in [0.3, 0.4) is 0 Å². The van der Waals surface area contributed by atoms with Gasteiger partial charge in [0.15, 0.2) is 5.84 Å². The Balaban J connectivity index is 2.37. The van der Waals surface area contributed by atoms with Crippen molar-refractivity contribution in [3.05, 3.63) is 43.3 Å². The van der Waals surface area contributed by atoms with Crippen molar-refractivity contribution in [3.63, 3.8) is 0 Å². The number of carboxylic acids is 1. The van der Waals surface area contributed by atoms with Crippen LogP contribution in [0.25, 0.3) is 0 Å². The highest BCUT2D eigenvalue weighted by Crippen LogP contribution is 2.49. The number of thiophene rings is 2. The van der Waals surface area contributed by atoms with Crippen LogP contribution in [-0.4, -0.2) is 23.5 Å². The highest BCUT2D eigenvalue weighted by atomic mass is 32.1. The normalized spacial score (nSPS) is 20.1. The summed E-state index contributed by atoms with van der Waals surface area (Å²) in [5.74, 6) is 4.76. The van der Waals surface area contributed by atoms with E-state index in [1.54, 1.807) is 17.4 Å². The molecule has 2 aromatic rings. The van der Waals surface area contributed by atoms with E-state index in [0.29, 0.717) is 13.0 Å². The molecule has 0 saturated heterocycles. The molecule has 0 radical (unpaired) electrons. The Kier molecular flexibility index (Phi) is 4.48. The minimum absolute atomic E-state index is 0.165. The van der Waals surface area contributed by atoms with Crippen molar-refractivity contribution in [2.45, 2.75) is 24.7 Å². The molecule has 126 valence electrons. The van der Waals surface area contributed by atoms with Gasteiger partial charge in [-0.1, -0.05) is 0 Å². The van der Waals surface area contributed by atoms with E-state index < -0.39 is 11.4 Å². The van der Waals surface area contributed by atoms with Crippen LogP contribution >= 0.6 is 22.7 Å². The van der Waals surface area contributed by atoms with Crippen LogP contribution in [0.4, 0.5) is 0 Å². The fourth-order valence-corrected chi connectivity index (χ4v) is 5.87. The van der Waals surface area contributed by atoms with Gasteiger partial charge in [-0.05, 0) is 54.4 Å². The Hall–Kier alpha value is -2.10. The number of nitrogens with zero attached hydrogens (tertiary/aromatic N) is 2. The van der Waals surface area contributed by atoms with Gasteiger partial charge in [0.05, 0.1) is 0 Å². The molecule has 0 amide bonds. The van der Waals surface area contributed by atoms with E-state index in [9.17, 15) is 9.90 Å². The molecule has 7 nitrogen and oxygen atoms in total. The zero-order chi connectivity index (χ0) is 17.3. The largest absolute Gasteiger partial charge is 0.477 e. The van der Waals surface area contributed by atoms with Crippen molar-refractivity contribution >= 4 is 34.5 Å². The van der Waals surface area contributed by atoms with Crippen LogP contribution in [0.2, 0.25) is 0 Å². The number of rotatable bonds is 4. The second-order valence-electron chi connectivity index (χ2n) is 5.55. The molecule has 9 heteroatoms. The lowest BCUT2D eigenvalue weighted by Crippen LogP contribution is -2.38. The molecule has 0 aromatic carbocycles. The number of carbonyl (C=O) groups is 1. The molecule has 0 spiro atoms. The molecule has 6 N–H and O–H groups in total. The third-order valence-corrected chi connectivity index (χ3v) is 6.78. The molecule has 0 bridgehead atoms. The SMILES string of the molecule is N=N/C(=N\N)C1(CCN)c2sccc2CCc2cc(C(=O)O)sc21. The maximum atomic E-state index is 11.5. The molecule has 1 atom stereocenters. The standard InChI is InChI=1S/C15H17N5O2S2/c16-5-4-15(14(19-17)20-18)11-8(3-6-23-11)1-2-9-7-10(13(21)22)24-12(9)15/h3,6-7,17H,1-2,4-5,16,18H2,(H,21,22)/b19-17?,20-14-. The number of carboxylic acid groups (broad SMARTS) is 1. The summed E-state index contributed by atoms with van der Waals surface area (Å²) in [7, 11) is 0. The Morgan fingerprint density at radius 3 is 2.75 bits per heavy atom. The lowest BCUT2D eigenvalue weighted by molar-refractivity contribution is 0.0702. The van der Waals surface area contributed by atoms with Crippen LogP contribution in [0, 0.1) is 5.53 Å². The van der Waals surface area contributed by atoms with E-state index in [4.69, 9.17) is 17.1 Å². The van der Waals surface area contributed by atoms with Crippen LogP contribution in [0.5, 0.6) is 0 Å². The maximum absolute atomic E-state index is 11.5. The predicted molar refractivity (Wildman–Crippen MR) is 94.2 cm³/mol. The molecule has 1 aliphatic rings. The van der Waals surface area contributed by atoms with Gasteiger partial charge in [0, 0.05) is 9.75 Å². The fourth-order valence-electron chi connectivity index (χ4n) is 3.35. The van der Waals surface area contributed by atoms with Gasteiger partial charge in [-0.2, -0.15) is 5.10 Å². The van der Waals surface area contributed by atoms with Crippen molar-refractivity contribution in [2.24, 2.45) is 21.8 Å². The average Bonchev–Trinajstić information content (AvgIpc) is 3.18. The van der Waals surface area contributed by atoms with Crippen molar-refractivity contribution in [2.75, 3.05) is 6.54 Å². The summed E-state index contributed by atoms with van der Waals surface area (Å²) in [6, 6.07) is 3.76. The van der Waals surface area contributed by atoms with Crippen molar-refractivity contribution in [3.8, 4) is 0 Å². The number of hydrazone groups is 1. The molecule has 1 aliphatic carbocycles. The summed E-state index contributed by atoms with van der Waals surface area (Å²) in [5, 5.41) is 18.7. The first-order valence-corrected chi connectivity index (χ1v) is 9.07. The number of aryl methyl sites for hydroxylation is 2. The van der Waals surface area contributed by atoms with E-state index in [1.165, 1.54) is 11.3 Å². The van der Waals surface area contributed by atoms with E-state index in [0.717, 1.165) is 33.7 Å². The van der Waals surface area contributed by atoms with Gasteiger partial charge in [-0.3, -0.25) is 0 Å². The van der Waals surface area contributed by atoms with Crippen LogP contribution in [0.15, 0.2) is 27.7 Å². The molecule has 2 heterocycles. The van der Waals surface area contributed by atoms with Crippen molar-refractivity contribution in [1.82, 2.24) is 0 Å². The highest BCUT2D eigenvalue weighted by molar-refractivity contribution is 7.15. The van der Waals surface area contributed by atoms with Gasteiger partial charge in [-0.25, -0.2) is 10.3 Å². The van der Waals surface area contributed by atoms with Crippen LogP contribution < -0.4 is 11.6 Å². The third-order valence-electron chi connectivity index (χ3n) is 4.33. The van der Waals surface area contributed by atoms with E-state index in [-0.39, 0.29) is 10.7 Å². The number of nitrogens with one attached hydrogen (secondary N) is 1. The number of hydrogen-bond donors (Lipinski definition) is 4. The molecule has 2 aromatic heterocycles. The smallest absolute Gasteiger partial charge is 0.345 e. The number of nitrogens with two attached hydrogens (primary N) is 2. The van der Waals surface area contributed by atoms with E-state index in [2.05, 4.69) is 16.3 Å². The van der Waals surface area contributed by atoms with Gasteiger partial charge in [-0.15, -0.1) is 27.8 Å². The number of amidine groups is 1. The lowest BCUT2D eigenvalue weighted by atomic mass is 9.78. The molecule has 3 rings (SSSR count). The summed E-state index contributed by atoms with van der Waals surface area (Å²) in [5.41, 5.74) is 14.7. The molecule has 0 saturated carbocycles. The zero-order valence-electron chi connectivity index (χ0n) is 12.8. The van der Waals surface area contributed by atoms with Gasteiger partial charge in [0.1, 0.15) is 10.3 Å². The minimum atomic E-state index is -0.963. The van der Waals surface area contributed by atoms with Crippen molar-refractivity contribution in [1.29, 1.82) is 5.53 Å². The van der Waals surface area contributed by atoms with Crippen molar-refractivity contribution < 1.29 is 9.90 Å². The molecule has 0 aliphatic heterocycles. The predicted octanol–water partition coefficient (Wildman–Crippen LogP) is 2.54. The van der Waals surface area contributed by atoms with E-state index >= 15 is 0 Å². The summed E-state index contributed by atoms with van der Waals surface area (Å²) in [6.45, 7) is 0.339. The number of aromatic carboxylic acids is 1. The summed E-state index contributed by atoms with van der Waals surface area (Å²) >= 11 is 2.75. The Morgan fingerprint density at radius 1 is 1.38 bits per heavy atom. The second-order valence-corrected chi connectivity index (χ2v) is 7.52. The topological polar surface area (TPSA) is 138 Å². The Bertz CT molecular complexity index is 826. The summed E-state index contributed by atoms with van der Waals surface area (Å²) in [4.78, 5) is 13.6. The maximum Gasteiger partial charge on any atom is 0.345 e. The Labute approximate surface area is 146 Å². The monoisotopic (exact) mass is 363 g/mol. The van der Waals surface area contributed by atoms with Crippen LogP contribution in [-0.2, 0) is 18.3 Å². The molecular formula is C15H17N5O2S2. The number of fused-ring (bicyclic) bond motifs is 2. The second kappa shape index (κ2) is 6.42. The quantitative estimate of drug-likeness (QED) is 0.218. The Morgan fingerprint density at radius 2 is 2.12 bits per heavy atom. The number of hydrogen-bond acceptors (Lipinski definition) is 7. The first kappa shape index (κ1) is 16.7. The van der Waals surface area contributed by atoms with Crippen LogP contribution in [0.1, 0.15) is 37.0 Å². The molecular weight excluding hydrogens is 346 g/mol. The van der Waals surface area contributed by atoms with Gasteiger partial charge < -0.3 is 16.7 Å². The minimum Gasteiger partial charge on any atom is -0.477 e. The first-order valence-electron chi connectivity index (χ1n) is 7.37. The summed E-state index contributed by atoms with van der Waals surface area (Å²) < 4.78 is 0. The van der Waals surface area contributed by atoms with Gasteiger partial charge in [0.2, 0.25) is 0 Å². The third kappa shape index (κ3) is 2.36. The highest BCUT2D eigenvalue weighted by Gasteiger charge is 2.46. The summed E-state index contributed by atoms with van der Waals surface area (Å²) in [6.07, 6.45) is 1.99. The average molecular weight is 363 g/mol. The molecule has 1 unspecified atom stereocenters. The van der Waals surface area contributed by atoms with E-state index in [1.807, 2.05) is 5.38 Å². The first-order chi connectivity index (χ1) is 11.6. The van der Waals surface area contributed by atoms with Gasteiger partial charge in [0.25, 0.3) is 0 Å². The fraction of sp³-hybridized carbons (Fsp3) is 0.333. The zero-order valence-corrected chi connectivity index (χ0v) is 14.4. The molecule has 24 heavy (non-hydrogen) atoms. The lowest BCUT2D eigenvalue weighted by Gasteiger charge is -2.31. The molecule has 0 fully saturated rings. The van der Waals surface area contributed by atoms with Gasteiger partial charge >= 0.3 is 5.97 Å².